The van der Waals surface area contributed by atoms with E-state index in [0.29, 0.717) is 46.8 Å². The number of nitrogens with zero attached hydrogens (tertiary/aromatic N) is 4. The zero-order chi connectivity index (χ0) is 27.2. The Bertz CT molecular complexity index is 1180. The molecule has 4 amide bonds. The van der Waals surface area contributed by atoms with Gasteiger partial charge in [-0.15, -0.1) is 11.3 Å². The standard InChI is InChI=1S/C25H30ClN5O6S/c1-27-9-10-28(2)15-22(32)31(24(34)20-7-8-21(26)38-20)14-19-13-30(25(35)37-19)18-5-3-17(4-6-18)29-11-12-36-16-23(29)33/h3-8,19,27H,9-16H2,1-2H3. The van der Waals surface area contributed by atoms with E-state index in [4.69, 9.17) is 21.1 Å². The summed E-state index contributed by atoms with van der Waals surface area (Å²) in [7, 11) is 3.62. The number of carbonyl (C=O) groups is 4. The number of anilines is 2. The molecule has 1 N–H and O–H groups in total. The molecule has 2 aliphatic rings. The Labute approximate surface area is 229 Å². The highest BCUT2D eigenvalue weighted by molar-refractivity contribution is 7.18. The molecule has 0 saturated carbocycles. The quantitative estimate of drug-likeness (QED) is 0.467. The van der Waals surface area contributed by atoms with Gasteiger partial charge in [-0.3, -0.25) is 29.1 Å². The van der Waals surface area contributed by atoms with Crippen molar-refractivity contribution in [1.29, 1.82) is 0 Å². The van der Waals surface area contributed by atoms with Crippen molar-refractivity contribution in [2.45, 2.75) is 6.10 Å². The zero-order valence-electron chi connectivity index (χ0n) is 21.2. The number of thiophene rings is 1. The van der Waals surface area contributed by atoms with Crippen LogP contribution in [0.15, 0.2) is 36.4 Å². The SMILES string of the molecule is CNCCN(C)CC(=O)N(CC1CN(c2ccc(N3CCOCC3=O)cc2)C(=O)O1)C(=O)c1ccc(Cl)s1. The molecule has 0 aliphatic carbocycles. The number of hydrogen-bond acceptors (Lipinski definition) is 9. The molecule has 0 bridgehead atoms. The van der Waals surface area contributed by atoms with Crippen LogP contribution in [0.1, 0.15) is 9.67 Å². The molecule has 38 heavy (non-hydrogen) atoms. The van der Waals surface area contributed by atoms with Crippen LogP contribution in [0.5, 0.6) is 0 Å². The van der Waals surface area contributed by atoms with Crippen LogP contribution in [-0.2, 0) is 19.1 Å². The molecule has 2 aromatic rings. The van der Waals surface area contributed by atoms with Crippen molar-refractivity contribution in [1.82, 2.24) is 15.1 Å². The van der Waals surface area contributed by atoms with Crippen molar-refractivity contribution in [3.8, 4) is 0 Å². The van der Waals surface area contributed by atoms with Gasteiger partial charge in [-0.25, -0.2) is 4.79 Å². The number of ether oxygens (including phenoxy) is 2. The molecule has 3 heterocycles. The lowest BCUT2D eigenvalue weighted by Gasteiger charge is -2.27. The molecule has 4 rings (SSSR count). The molecular weight excluding hydrogens is 534 g/mol. The van der Waals surface area contributed by atoms with E-state index in [1.54, 1.807) is 48.3 Å². The van der Waals surface area contributed by atoms with Crippen LogP contribution in [-0.4, -0.2) is 106 Å². The minimum atomic E-state index is -0.714. The number of carbonyl (C=O) groups excluding carboxylic acids is 4. The van der Waals surface area contributed by atoms with Gasteiger partial charge >= 0.3 is 6.09 Å². The fourth-order valence-corrected chi connectivity index (χ4v) is 5.18. The van der Waals surface area contributed by atoms with Gasteiger partial charge in [0.2, 0.25) is 5.91 Å². The first-order valence-electron chi connectivity index (χ1n) is 12.2. The number of cyclic esters (lactones) is 1. The average Bonchev–Trinajstić information content (AvgIpc) is 3.51. The molecule has 0 radical (unpaired) electrons. The van der Waals surface area contributed by atoms with E-state index in [1.165, 1.54) is 4.90 Å². The number of benzene rings is 1. The highest BCUT2D eigenvalue weighted by Gasteiger charge is 2.37. The van der Waals surface area contributed by atoms with Gasteiger partial charge in [0, 0.05) is 31.0 Å². The maximum atomic E-state index is 13.3. The third-order valence-electron chi connectivity index (χ3n) is 6.20. The summed E-state index contributed by atoms with van der Waals surface area (Å²) in [5.74, 6) is -1.00. The molecule has 13 heteroatoms. The first-order chi connectivity index (χ1) is 18.3. The second-order valence-corrected chi connectivity index (χ2v) is 10.7. The fourth-order valence-electron chi connectivity index (χ4n) is 4.19. The average molecular weight is 564 g/mol. The lowest BCUT2D eigenvalue weighted by molar-refractivity contribution is -0.130. The number of hydrogen-bond donors (Lipinski definition) is 1. The molecule has 0 spiro atoms. The molecule has 1 aromatic heterocycles. The molecular formula is C25H30ClN5O6S. The predicted molar refractivity (Wildman–Crippen MR) is 144 cm³/mol. The van der Waals surface area contributed by atoms with Crippen molar-refractivity contribution in [3.63, 3.8) is 0 Å². The Morgan fingerprint density at radius 3 is 2.47 bits per heavy atom. The molecule has 204 valence electrons. The van der Waals surface area contributed by atoms with Gasteiger partial charge in [0.15, 0.2) is 0 Å². The molecule has 11 nitrogen and oxygen atoms in total. The van der Waals surface area contributed by atoms with Crippen molar-refractivity contribution < 1.29 is 28.7 Å². The van der Waals surface area contributed by atoms with Gasteiger partial charge in [-0.1, -0.05) is 11.6 Å². The third kappa shape index (κ3) is 6.69. The Morgan fingerprint density at radius 1 is 1.13 bits per heavy atom. The minimum absolute atomic E-state index is 0.0264. The third-order valence-corrected chi connectivity index (χ3v) is 7.42. The highest BCUT2D eigenvalue weighted by Crippen LogP contribution is 2.27. The first-order valence-corrected chi connectivity index (χ1v) is 13.4. The second-order valence-electron chi connectivity index (χ2n) is 8.99. The van der Waals surface area contributed by atoms with Crippen LogP contribution >= 0.6 is 22.9 Å². The van der Waals surface area contributed by atoms with Gasteiger partial charge in [0.05, 0.1) is 35.5 Å². The summed E-state index contributed by atoms with van der Waals surface area (Å²) < 4.78 is 11.2. The monoisotopic (exact) mass is 563 g/mol. The summed E-state index contributed by atoms with van der Waals surface area (Å²) in [5, 5.41) is 3.03. The fraction of sp³-hybridized carbons (Fsp3) is 0.440. The van der Waals surface area contributed by atoms with Crippen molar-refractivity contribution in [3.05, 3.63) is 45.6 Å². The van der Waals surface area contributed by atoms with E-state index in [9.17, 15) is 19.2 Å². The van der Waals surface area contributed by atoms with Crippen molar-refractivity contribution in [2.24, 2.45) is 0 Å². The first kappa shape index (κ1) is 28.0. The van der Waals surface area contributed by atoms with E-state index in [-0.39, 0.29) is 32.1 Å². The Hall–Kier alpha value is -3.03. The number of imide groups is 1. The van der Waals surface area contributed by atoms with Gasteiger partial charge in [-0.2, -0.15) is 0 Å². The minimum Gasteiger partial charge on any atom is -0.442 e. The topological polar surface area (TPSA) is 112 Å². The highest BCUT2D eigenvalue weighted by atomic mass is 35.5. The van der Waals surface area contributed by atoms with Gasteiger partial charge in [0.1, 0.15) is 12.7 Å². The number of halogens is 1. The summed E-state index contributed by atoms with van der Waals surface area (Å²) in [6, 6.07) is 10.2. The molecule has 1 unspecified atom stereocenters. The second kappa shape index (κ2) is 12.7. The zero-order valence-corrected chi connectivity index (χ0v) is 22.8. The van der Waals surface area contributed by atoms with Crippen LogP contribution in [0.2, 0.25) is 4.34 Å². The lowest BCUT2D eigenvalue weighted by Crippen LogP contribution is -2.47. The van der Waals surface area contributed by atoms with Crippen molar-refractivity contribution >= 4 is 58.1 Å². The summed E-state index contributed by atoms with van der Waals surface area (Å²) in [6.45, 7) is 2.37. The van der Waals surface area contributed by atoms with E-state index in [2.05, 4.69) is 5.32 Å². The van der Waals surface area contributed by atoms with Crippen LogP contribution in [0.4, 0.5) is 16.2 Å². The van der Waals surface area contributed by atoms with Crippen LogP contribution in [0, 0.1) is 0 Å². The number of rotatable bonds is 10. The summed E-state index contributed by atoms with van der Waals surface area (Å²) >= 11 is 7.11. The smallest absolute Gasteiger partial charge is 0.414 e. The number of nitrogens with one attached hydrogen (secondary N) is 1. The summed E-state index contributed by atoms with van der Waals surface area (Å²) in [6.07, 6.45) is -1.29. The number of likely N-dealkylation sites (N-methyl/N-ethyl adjacent to an activating group) is 2. The number of amides is 4. The van der Waals surface area contributed by atoms with E-state index < -0.39 is 24.0 Å². The van der Waals surface area contributed by atoms with Gasteiger partial charge in [-0.05, 0) is 50.5 Å². The van der Waals surface area contributed by atoms with Gasteiger partial charge in [0.25, 0.3) is 11.8 Å². The maximum absolute atomic E-state index is 13.3. The largest absolute Gasteiger partial charge is 0.442 e. The molecule has 2 fully saturated rings. The summed E-state index contributed by atoms with van der Waals surface area (Å²) in [5.41, 5.74) is 1.30. The normalized spacial score (nSPS) is 17.7. The van der Waals surface area contributed by atoms with E-state index in [1.807, 2.05) is 11.9 Å². The lowest BCUT2D eigenvalue weighted by atomic mass is 10.2. The molecule has 2 saturated heterocycles. The molecule has 2 aliphatic heterocycles. The Balaban J connectivity index is 1.45. The van der Waals surface area contributed by atoms with E-state index in [0.717, 1.165) is 16.2 Å². The van der Waals surface area contributed by atoms with Crippen LogP contribution < -0.4 is 15.1 Å². The van der Waals surface area contributed by atoms with Crippen LogP contribution in [0.3, 0.4) is 0 Å². The maximum Gasteiger partial charge on any atom is 0.414 e. The van der Waals surface area contributed by atoms with Gasteiger partial charge < -0.3 is 19.7 Å². The van der Waals surface area contributed by atoms with E-state index >= 15 is 0 Å². The van der Waals surface area contributed by atoms with Crippen LogP contribution in [0.25, 0.3) is 0 Å². The van der Waals surface area contributed by atoms with Crippen molar-refractivity contribution in [2.75, 3.05) is 76.4 Å². The summed E-state index contributed by atoms with van der Waals surface area (Å²) in [4.78, 5) is 57.6. The molecule has 1 atom stereocenters. The number of morpholine rings is 1. The molecule has 1 aromatic carbocycles. The Morgan fingerprint density at radius 2 is 1.84 bits per heavy atom. The predicted octanol–water partition coefficient (Wildman–Crippen LogP) is 1.91. The Kier molecular flexibility index (Phi) is 9.34.